The largest absolute Gasteiger partial charge is 0.466 e. The fourth-order valence-electron chi connectivity index (χ4n) is 1.46. The molecule has 0 aliphatic carbocycles. The molecule has 1 aromatic heterocycles. The predicted octanol–water partition coefficient (Wildman–Crippen LogP) is 2.16. The van der Waals surface area contributed by atoms with E-state index in [2.05, 4.69) is 9.72 Å². The zero-order valence-corrected chi connectivity index (χ0v) is 10.4. The quantitative estimate of drug-likeness (QED) is 0.664. The number of H-pyrrole nitrogens is 1. The molecular formula is C11H12ClF2NO3. The molecule has 7 heteroatoms. The number of hydrogen-bond donors (Lipinski definition) is 1. The minimum atomic E-state index is -2.87. The zero-order chi connectivity index (χ0) is 13.7. The van der Waals surface area contributed by atoms with Crippen molar-refractivity contribution in [2.24, 2.45) is 0 Å². The Morgan fingerprint density at radius 2 is 2.22 bits per heavy atom. The third-order valence-corrected chi connectivity index (χ3v) is 2.57. The molecule has 100 valence electrons. The molecule has 0 unspecified atom stereocenters. The third-order valence-electron chi connectivity index (χ3n) is 2.28. The molecule has 0 saturated heterocycles. The molecule has 0 aliphatic rings. The summed E-state index contributed by atoms with van der Waals surface area (Å²) in [6.07, 6.45) is -2.23. The van der Waals surface area contributed by atoms with Crippen molar-refractivity contribution in [1.29, 1.82) is 0 Å². The summed E-state index contributed by atoms with van der Waals surface area (Å²) in [6.45, 7) is 1.71. The van der Waals surface area contributed by atoms with Crippen molar-refractivity contribution >= 4 is 17.6 Å². The van der Waals surface area contributed by atoms with E-state index in [0.717, 1.165) is 6.20 Å². The van der Waals surface area contributed by atoms with E-state index in [-0.39, 0.29) is 23.6 Å². The Bertz CT molecular complexity index is 488. The Hall–Kier alpha value is -1.43. The summed E-state index contributed by atoms with van der Waals surface area (Å²) in [5.74, 6) is -0.842. The van der Waals surface area contributed by atoms with Gasteiger partial charge in [0.1, 0.15) is 0 Å². The molecule has 0 saturated carbocycles. The minimum Gasteiger partial charge on any atom is -0.466 e. The van der Waals surface area contributed by atoms with E-state index in [4.69, 9.17) is 11.6 Å². The number of nitrogens with one attached hydrogen (secondary N) is 1. The van der Waals surface area contributed by atoms with Gasteiger partial charge in [-0.05, 0) is 6.92 Å². The summed E-state index contributed by atoms with van der Waals surface area (Å²) >= 11 is 5.51. The minimum absolute atomic E-state index is 0.116. The Labute approximate surface area is 107 Å². The van der Waals surface area contributed by atoms with E-state index in [1.165, 1.54) is 0 Å². The lowest BCUT2D eigenvalue weighted by molar-refractivity contribution is -0.142. The lowest BCUT2D eigenvalue weighted by Crippen LogP contribution is -2.22. The number of esters is 1. The van der Waals surface area contributed by atoms with Crippen molar-refractivity contribution in [3.63, 3.8) is 0 Å². The third kappa shape index (κ3) is 3.29. The van der Waals surface area contributed by atoms with E-state index in [9.17, 15) is 18.4 Å². The van der Waals surface area contributed by atoms with Gasteiger partial charge < -0.3 is 9.72 Å². The van der Waals surface area contributed by atoms with Gasteiger partial charge in [-0.3, -0.25) is 9.59 Å². The Balaban J connectivity index is 3.20. The zero-order valence-electron chi connectivity index (χ0n) is 9.63. The number of halogens is 3. The topological polar surface area (TPSA) is 59.2 Å². The van der Waals surface area contributed by atoms with Crippen molar-refractivity contribution in [1.82, 2.24) is 4.98 Å². The van der Waals surface area contributed by atoms with Gasteiger partial charge in [-0.15, -0.1) is 11.6 Å². The van der Waals surface area contributed by atoms with Crippen LogP contribution in [0.3, 0.4) is 0 Å². The van der Waals surface area contributed by atoms with Crippen LogP contribution in [-0.2, 0) is 21.8 Å². The van der Waals surface area contributed by atoms with Gasteiger partial charge in [-0.1, -0.05) is 0 Å². The Morgan fingerprint density at radius 1 is 1.56 bits per heavy atom. The molecule has 0 amide bonds. The van der Waals surface area contributed by atoms with Gasteiger partial charge in [0, 0.05) is 17.3 Å². The van der Waals surface area contributed by atoms with Gasteiger partial charge in [0.2, 0.25) is 0 Å². The number of rotatable bonds is 5. The molecule has 0 spiro atoms. The van der Waals surface area contributed by atoms with E-state index in [0.29, 0.717) is 0 Å². The Kier molecular flexibility index (Phi) is 5.27. The highest BCUT2D eigenvalue weighted by atomic mass is 35.5. The summed E-state index contributed by atoms with van der Waals surface area (Å²) < 4.78 is 30.1. The summed E-state index contributed by atoms with van der Waals surface area (Å²) in [5, 5.41) is 0. The summed E-state index contributed by atoms with van der Waals surface area (Å²) in [5.41, 5.74) is -1.36. The maximum Gasteiger partial charge on any atom is 0.310 e. The van der Waals surface area contributed by atoms with Crippen molar-refractivity contribution in [3.05, 3.63) is 33.2 Å². The fourth-order valence-corrected chi connectivity index (χ4v) is 1.66. The van der Waals surface area contributed by atoms with Gasteiger partial charge in [0.05, 0.1) is 24.6 Å². The van der Waals surface area contributed by atoms with E-state index < -0.39 is 29.9 Å². The summed E-state index contributed by atoms with van der Waals surface area (Å²) in [4.78, 5) is 25.4. The highest BCUT2D eigenvalue weighted by Gasteiger charge is 2.21. The second kappa shape index (κ2) is 6.49. The van der Waals surface area contributed by atoms with Crippen LogP contribution in [0.4, 0.5) is 8.78 Å². The van der Waals surface area contributed by atoms with Crippen LogP contribution < -0.4 is 5.43 Å². The van der Waals surface area contributed by atoms with E-state index in [1.54, 1.807) is 6.92 Å². The van der Waals surface area contributed by atoms with Crippen LogP contribution in [0, 0.1) is 0 Å². The molecule has 1 N–H and O–H groups in total. The molecular weight excluding hydrogens is 268 g/mol. The van der Waals surface area contributed by atoms with Crippen molar-refractivity contribution in [2.75, 3.05) is 6.61 Å². The summed E-state index contributed by atoms with van der Waals surface area (Å²) in [7, 11) is 0. The maximum absolute atomic E-state index is 12.7. The van der Waals surface area contributed by atoms with Gasteiger partial charge in [0.25, 0.3) is 6.43 Å². The molecule has 18 heavy (non-hydrogen) atoms. The molecule has 0 radical (unpaired) electrons. The predicted molar refractivity (Wildman–Crippen MR) is 61.9 cm³/mol. The molecule has 0 aromatic carbocycles. The van der Waals surface area contributed by atoms with Gasteiger partial charge in [-0.25, -0.2) is 8.78 Å². The van der Waals surface area contributed by atoms with Crippen molar-refractivity contribution in [2.45, 2.75) is 25.7 Å². The molecule has 1 heterocycles. The first-order valence-electron chi connectivity index (χ1n) is 5.24. The van der Waals surface area contributed by atoms with Crippen LogP contribution in [0.1, 0.15) is 30.2 Å². The lowest BCUT2D eigenvalue weighted by atomic mass is 10.1. The number of aromatic amines is 1. The average Bonchev–Trinajstić information content (AvgIpc) is 2.31. The van der Waals surface area contributed by atoms with Crippen molar-refractivity contribution < 1.29 is 18.3 Å². The Morgan fingerprint density at radius 3 is 2.72 bits per heavy atom. The molecule has 0 atom stereocenters. The van der Waals surface area contributed by atoms with Gasteiger partial charge >= 0.3 is 5.97 Å². The molecule has 1 rings (SSSR count). The molecule has 1 aromatic rings. The van der Waals surface area contributed by atoms with Gasteiger partial charge in [-0.2, -0.15) is 0 Å². The number of carbonyl (C=O) groups is 1. The number of alkyl halides is 3. The lowest BCUT2D eigenvalue weighted by Gasteiger charge is -2.09. The van der Waals surface area contributed by atoms with E-state index in [1.807, 2.05) is 0 Å². The van der Waals surface area contributed by atoms with Crippen LogP contribution >= 0.6 is 11.6 Å². The van der Waals surface area contributed by atoms with Crippen molar-refractivity contribution in [3.8, 4) is 0 Å². The number of hydrogen-bond acceptors (Lipinski definition) is 3. The average molecular weight is 280 g/mol. The van der Waals surface area contributed by atoms with Gasteiger partial charge in [0.15, 0.2) is 5.43 Å². The maximum atomic E-state index is 12.7. The first kappa shape index (κ1) is 14.6. The highest BCUT2D eigenvalue weighted by Crippen LogP contribution is 2.19. The van der Waals surface area contributed by atoms with E-state index >= 15 is 0 Å². The number of aromatic nitrogens is 1. The first-order valence-corrected chi connectivity index (χ1v) is 5.77. The highest BCUT2D eigenvalue weighted by molar-refractivity contribution is 6.17. The van der Waals surface area contributed by atoms with Crippen LogP contribution in [0.2, 0.25) is 0 Å². The monoisotopic (exact) mass is 279 g/mol. The fraction of sp³-hybridized carbons (Fsp3) is 0.455. The molecule has 0 aliphatic heterocycles. The van der Waals surface area contributed by atoms with Crippen LogP contribution in [0.15, 0.2) is 11.0 Å². The van der Waals surface area contributed by atoms with Crippen LogP contribution in [0.25, 0.3) is 0 Å². The smallest absolute Gasteiger partial charge is 0.310 e. The standard InChI is InChI=1S/C11H12ClF2NO3/c1-2-18-8(16)3-7-9(11(13)14)15-5-6(4-12)10(7)17/h5,11H,2-4H2,1H3,(H,15,17). The van der Waals surface area contributed by atoms with Crippen LogP contribution in [0.5, 0.6) is 0 Å². The number of carbonyl (C=O) groups excluding carboxylic acids is 1. The SMILES string of the molecule is CCOC(=O)Cc1c(C(F)F)[nH]cc(CCl)c1=O. The second-order valence-corrected chi connectivity index (χ2v) is 3.72. The summed E-state index contributed by atoms with van der Waals surface area (Å²) in [6, 6.07) is 0. The molecule has 0 bridgehead atoms. The van der Waals surface area contributed by atoms with Crippen LogP contribution in [-0.4, -0.2) is 17.6 Å². The normalized spacial score (nSPS) is 10.7. The molecule has 0 fully saturated rings. The second-order valence-electron chi connectivity index (χ2n) is 3.45. The first-order chi connectivity index (χ1) is 8.51. The number of ether oxygens (including phenoxy) is 1. The molecule has 4 nitrogen and oxygen atoms in total. The number of pyridine rings is 1.